The molecule has 0 unspecified atom stereocenters. The van der Waals surface area contributed by atoms with Gasteiger partial charge in [0.2, 0.25) is 5.88 Å². The summed E-state index contributed by atoms with van der Waals surface area (Å²) in [5.41, 5.74) is -2.89. The average molecular weight is 418 g/mol. The topological polar surface area (TPSA) is 60.5 Å². The van der Waals surface area contributed by atoms with Crippen molar-refractivity contribution in [3.63, 3.8) is 0 Å². The van der Waals surface area contributed by atoms with Crippen LogP contribution in [0.4, 0.5) is 32.4 Å². The monoisotopic (exact) mass is 418 g/mol. The van der Waals surface area contributed by atoms with Gasteiger partial charge < -0.3 is 9.47 Å². The van der Waals surface area contributed by atoms with Gasteiger partial charge in [-0.15, -0.1) is 0 Å². The molecule has 0 fully saturated rings. The van der Waals surface area contributed by atoms with E-state index in [1.165, 1.54) is 6.92 Å². The summed E-state index contributed by atoms with van der Waals surface area (Å²) in [4.78, 5) is 15.5. The highest BCUT2D eigenvalue weighted by Crippen LogP contribution is 2.37. The molecule has 10 heteroatoms. The van der Waals surface area contributed by atoms with E-state index in [2.05, 4.69) is 10.3 Å². The fourth-order valence-corrected chi connectivity index (χ4v) is 2.31. The minimum atomic E-state index is -4.80. The third-order valence-electron chi connectivity index (χ3n) is 3.58. The molecule has 0 spiro atoms. The Morgan fingerprint density at radius 3 is 2.28 bits per heavy atom. The molecule has 2 rings (SSSR count). The minimum Gasteiger partial charge on any atom is -0.444 e. The van der Waals surface area contributed by atoms with Crippen molar-refractivity contribution in [1.29, 1.82) is 0 Å². The zero-order chi connectivity index (χ0) is 22.1. The number of benzene rings is 1. The fraction of sp³-hybridized carbons (Fsp3) is 0.368. The Morgan fingerprint density at radius 1 is 1.10 bits per heavy atom. The van der Waals surface area contributed by atoms with Crippen molar-refractivity contribution in [1.82, 2.24) is 4.98 Å². The number of hydrogen-bond acceptors (Lipinski definition) is 4. The minimum absolute atomic E-state index is 0.228. The van der Waals surface area contributed by atoms with Gasteiger partial charge in [0.25, 0.3) is 0 Å². The summed E-state index contributed by atoms with van der Waals surface area (Å²) in [6.07, 6.45) is -5.75. The van der Waals surface area contributed by atoms with Crippen molar-refractivity contribution in [2.75, 3.05) is 5.32 Å². The van der Waals surface area contributed by atoms with Crippen LogP contribution in [0.2, 0.25) is 0 Å². The number of halogens is 5. The van der Waals surface area contributed by atoms with Crippen LogP contribution in [0.5, 0.6) is 11.6 Å². The third kappa shape index (κ3) is 5.55. The number of nitrogens with one attached hydrogen (secondary N) is 1. The van der Waals surface area contributed by atoms with Crippen LogP contribution in [-0.2, 0) is 10.9 Å². The van der Waals surface area contributed by atoms with Crippen molar-refractivity contribution in [3.05, 3.63) is 46.7 Å². The molecule has 1 aromatic heterocycles. The van der Waals surface area contributed by atoms with Crippen LogP contribution in [0, 0.1) is 25.5 Å². The van der Waals surface area contributed by atoms with Gasteiger partial charge in [-0.2, -0.15) is 13.2 Å². The highest BCUT2D eigenvalue weighted by Gasteiger charge is 2.36. The van der Waals surface area contributed by atoms with Crippen LogP contribution < -0.4 is 10.1 Å². The predicted octanol–water partition coefficient (Wildman–Crippen LogP) is 6.13. The van der Waals surface area contributed by atoms with Gasteiger partial charge in [0.15, 0.2) is 17.3 Å². The molecule has 29 heavy (non-hydrogen) atoms. The maximum absolute atomic E-state index is 13.8. The van der Waals surface area contributed by atoms with Crippen molar-refractivity contribution in [2.45, 2.75) is 46.4 Å². The number of carbonyl (C=O) groups excluding carboxylic acids is 1. The number of hydrogen-bond donors (Lipinski definition) is 1. The van der Waals surface area contributed by atoms with E-state index in [0.29, 0.717) is 0 Å². The van der Waals surface area contributed by atoms with E-state index in [1.807, 2.05) is 0 Å². The molecule has 1 N–H and O–H groups in total. The lowest BCUT2D eigenvalue weighted by Gasteiger charge is -2.21. The molecule has 1 aromatic carbocycles. The lowest BCUT2D eigenvalue weighted by Crippen LogP contribution is -2.27. The molecule has 1 heterocycles. The number of ether oxygens (including phenoxy) is 2. The molecule has 0 saturated heterocycles. The van der Waals surface area contributed by atoms with Gasteiger partial charge in [-0.3, -0.25) is 5.32 Å². The molecule has 158 valence electrons. The second-order valence-corrected chi connectivity index (χ2v) is 7.22. The Bertz CT molecular complexity index is 937. The number of aromatic nitrogens is 1. The second kappa shape index (κ2) is 7.84. The van der Waals surface area contributed by atoms with Gasteiger partial charge in [0, 0.05) is 5.56 Å². The maximum Gasteiger partial charge on any atom is 0.433 e. The van der Waals surface area contributed by atoms with E-state index in [4.69, 9.17) is 9.47 Å². The summed E-state index contributed by atoms with van der Waals surface area (Å²) in [7, 11) is 0. The first-order valence-corrected chi connectivity index (χ1v) is 8.40. The molecule has 5 nitrogen and oxygen atoms in total. The Balaban J connectivity index is 2.52. The summed E-state index contributed by atoms with van der Waals surface area (Å²) >= 11 is 0. The Kier molecular flexibility index (Phi) is 6.05. The Hall–Kier alpha value is -2.91. The molecule has 0 saturated carbocycles. The van der Waals surface area contributed by atoms with E-state index in [9.17, 15) is 26.7 Å². The van der Waals surface area contributed by atoms with Crippen LogP contribution in [0.1, 0.15) is 37.6 Å². The third-order valence-corrected chi connectivity index (χ3v) is 3.58. The molecule has 0 radical (unpaired) electrons. The Labute approximate surface area is 163 Å². The second-order valence-electron chi connectivity index (χ2n) is 7.22. The van der Waals surface area contributed by atoms with Crippen molar-refractivity contribution in [3.8, 4) is 11.6 Å². The summed E-state index contributed by atoms with van der Waals surface area (Å²) in [5, 5.41) is 2.27. The summed E-state index contributed by atoms with van der Waals surface area (Å²) in [5.74, 6) is -3.27. The van der Waals surface area contributed by atoms with Crippen LogP contribution >= 0.6 is 0 Å². The number of alkyl halides is 3. The van der Waals surface area contributed by atoms with Gasteiger partial charge in [-0.05, 0) is 58.4 Å². The molecular formula is C19H19F5N2O3. The SMILES string of the molecule is Cc1cc(NC(=O)OC(C)(C)C)c(Oc2ccc(F)c(F)c2C)nc1C(F)(F)F. The number of nitrogens with zero attached hydrogens (tertiary/aromatic N) is 1. The molecule has 1 amide bonds. The molecule has 0 bridgehead atoms. The molecule has 0 aliphatic heterocycles. The zero-order valence-corrected chi connectivity index (χ0v) is 16.3. The van der Waals surface area contributed by atoms with Gasteiger partial charge in [-0.25, -0.2) is 18.6 Å². The van der Waals surface area contributed by atoms with Crippen LogP contribution in [0.25, 0.3) is 0 Å². The average Bonchev–Trinajstić information content (AvgIpc) is 2.54. The quantitative estimate of drug-likeness (QED) is 0.609. The highest BCUT2D eigenvalue weighted by molar-refractivity contribution is 5.86. The first-order chi connectivity index (χ1) is 13.2. The normalized spacial score (nSPS) is 11.9. The highest BCUT2D eigenvalue weighted by atomic mass is 19.4. The van der Waals surface area contributed by atoms with E-state index in [0.717, 1.165) is 25.1 Å². The predicted molar refractivity (Wildman–Crippen MR) is 95.0 cm³/mol. The van der Waals surface area contributed by atoms with E-state index < -0.39 is 41.1 Å². The molecule has 0 aliphatic rings. The zero-order valence-electron chi connectivity index (χ0n) is 16.3. The van der Waals surface area contributed by atoms with E-state index in [1.54, 1.807) is 20.8 Å². The fourth-order valence-electron chi connectivity index (χ4n) is 2.31. The van der Waals surface area contributed by atoms with E-state index in [-0.39, 0.29) is 22.6 Å². The largest absolute Gasteiger partial charge is 0.444 e. The van der Waals surface area contributed by atoms with Crippen molar-refractivity contribution >= 4 is 11.8 Å². The van der Waals surface area contributed by atoms with Crippen LogP contribution in [0.3, 0.4) is 0 Å². The van der Waals surface area contributed by atoms with Crippen LogP contribution in [0.15, 0.2) is 18.2 Å². The number of carbonyl (C=O) groups is 1. The summed E-state index contributed by atoms with van der Waals surface area (Å²) in [6, 6.07) is 2.81. The maximum atomic E-state index is 13.8. The molecule has 2 aromatic rings. The number of amides is 1. The molecule has 0 atom stereocenters. The molecule has 0 aliphatic carbocycles. The lowest BCUT2D eigenvalue weighted by atomic mass is 10.2. The number of rotatable bonds is 3. The van der Waals surface area contributed by atoms with Crippen molar-refractivity contribution < 1.29 is 36.2 Å². The number of aryl methyl sites for hydroxylation is 1. The number of pyridine rings is 1. The standard InChI is InChI=1S/C19H19F5N2O3/c1-9-8-12(25-17(27)29-18(3,4)5)16(26-15(9)19(22,23)24)28-13-7-6-11(20)14(21)10(13)2/h6-8H,1-5H3,(H,25,27). The first-order valence-electron chi connectivity index (χ1n) is 8.40. The summed E-state index contributed by atoms with van der Waals surface area (Å²) < 4.78 is 77.2. The smallest absolute Gasteiger partial charge is 0.433 e. The van der Waals surface area contributed by atoms with Gasteiger partial charge >= 0.3 is 12.3 Å². The van der Waals surface area contributed by atoms with Gasteiger partial charge in [0.05, 0.1) is 0 Å². The molecular weight excluding hydrogens is 399 g/mol. The van der Waals surface area contributed by atoms with Gasteiger partial charge in [0.1, 0.15) is 17.0 Å². The lowest BCUT2D eigenvalue weighted by molar-refractivity contribution is -0.141. The van der Waals surface area contributed by atoms with Gasteiger partial charge in [-0.1, -0.05) is 0 Å². The first kappa shape index (κ1) is 22.4. The van der Waals surface area contributed by atoms with Crippen LogP contribution in [-0.4, -0.2) is 16.7 Å². The van der Waals surface area contributed by atoms with E-state index >= 15 is 0 Å². The van der Waals surface area contributed by atoms with Crippen molar-refractivity contribution in [2.24, 2.45) is 0 Å². The Morgan fingerprint density at radius 2 is 1.72 bits per heavy atom. The number of anilines is 1. The summed E-state index contributed by atoms with van der Waals surface area (Å²) in [6.45, 7) is 7.15.